The predicted molar refractivity (Wildman–Crippen MR) is 147 cm³/mol. The van der Waals surface area contributed by atoms with E-state index in [1.165, 1.54) is 11.1 Å². The lowest BCUT2D eigenvalue weighted by Crippen LogP contribution is -2.46. The summed E-state index contributed by atoms with van der Waals surface area (Å²) in [7, 11) is 3.30. The standard InChI is InChI=1S/C26H34N4O2S2/c1-18-11-19(2)13-20(12-18)27-24(33)29-8-5-26(6-9-29)7-10-30(17-26)25(34)28-21-14-22(31-3)16-23(15-21)32-4/h11-16H,5-10,17H2,1-4H3,(H,27,33)(H,28,34). The molecule has 0 bridgehead atoms. The number of anilines is 2. The number of rotatable bonds is 4. The molecule has 4 rings (SSSR count). The van der Waals surface area contributed by atoms with Crippen molar-refractivity contribution in [2.75, 3.05) is 51.0 Å². The van der Waals surface area contributed by atoms with Crippen LogP contribution in [0.15, 0.2) is 36.4 Å². The Bertz CT molecular complexity index is 1020. The van der Waals surface area contributed by atoms with Gasteiger partial charge >= 0.3 is 0 Å². The Balaban J connectivity index is 1.31. The van der Waals surface area contributed by atoms with Gasteiger partial charge in [-0.05, 0) is 86.2 Å². The van der Waals surface area contributed by atoms with Crippen molar-refractivity contribution in [2.45, 2.75) is 33.1 Å². The summed E-state index contributed by atoms with van der Waals surface area (Å²) < 4.78 is 10.8. The highest BCUT2D eigenvalue weighted by atomic mass is 32.1. The number of hydrogen-bond acceptors (Lipinski definition) is 4. The number of piperidine rings is 1. The molecule has 0 atom stereocenters. The minimum atomic E-state index is 0.295. The fourth-order valence-corrected chi connectivity index (χ4v) is 5.61. The molecule has 2 fully saturated rings. The third kappa shape index (κ3) is 5.73. The van der Waals surface area contributed by atoms with Crippen molar-refractivity contribution in [1.29, 1.82) is 0 Å². The summed E-state index contributed by atoms with van der Waals surface area (Å²) in [5.41, 5.74) is 4.72. The summed E-state index contributed by atoms with van der Waals surface area (Å²) in [6.45, 7) is 8.11. The van der Waals surface area contributed by atoms with Gasteiger partial charge in [-0.2, -0.15) is 0 Å². The Morgan fingerprint density at radius 2 is 1.21 bits per heavy atom. The lowest BCUT2D eigenvalue weighted by molar-refractivity contribution is 0.162. The molecule has 8 heteroatoms. The third-order valence-electron chi connectivity index (χ3n) is 6.91. The Morgan fingerprint density at radius 1 is 0.735 bits per heavy atom. The summed E-state index contributed by atoms with van der Waals surface area (Å²) in [6, 6.07) is 12.2. The molecule has 0 saturated carbocycles. The van der Waals surface area contributed by atoms with Crippen LogP contribution in [0.4, 0.5) is 11.4 Å². The van der Waals surface area contributed by atoms with Crippen LogP contribution >= 0.6 is 24.4 Å². The molecule has 2 N–H and O–H groups in total. The lowest BCUT2D eigenvalue weighted by atomic mass is 9.78. The minimum Gasteiger partial charge on any atom is -0.497 e. The lowest BCUT2D eigenvalue weighted by Gasteiger charge is -2.40. The highest BCUT2D eigenvalue weighted by Crippen LogP contribution is 2.41. The molecule has 6 nitrogen and oxygen atoms in total. The van der Waals surface area contributed by atoms with Gasteiger partial charge in [0.25, 0.3) is 0 Å². The molecule has 0 unspecified atom stereocenters. The summed E-state index contributed by atoms with van der Waals surface area (Å²) in [5.74, 6) is 1.47. The van der Waals surface area contributed by atoms with E-state index in [4.69, 9.17) is 33.9 Å². The van der Waals surface area contributed by atoms with Crippen LogP contribution in [0.5, 0.6) is 11.5 Å². The Kier molecular flexibility index (Phi) is 7.48. The van der Waals surface area contributed by atoms with Crippen molar-refractivity contribution in [3.8, 4) is 11.5 Å². The number of aryl methyl sites for hydroxylation is 2. The Labute approximate surface area is 213 Å². The molecular formula is C26H34N4O2S2. The monoisotopic (exact) mass is 498 g/mol. The van der Waals surface area contributed by atoms with Gasteiger partial charge in [-0.1, -0.05) is 6.07 Å². The summed E-state index contributed by atoms with van der Waals surface area (Å²) >= 11 is 11.5. The fraction of sp³-hybridized carbons (Fsp3) is 0.462. The van der Waals surface area contributed by atoms with E-state index in [1.807, 2.05) is 18.2 Å². The maximum Gasteiger partial charge on any atom is 0.173 e. The van der Waals surface area contributed by atoms with Gasteiger partial charge in [0, 0.05) is 55.8 Å². The maximum absolute atomic E-state index is 5.76. The van der Waals surface area contributed by atoms with E-state index in [0.29, 0.717) is 5.41 Å². The first-order valence-corrected chi connectivity index (χ1v) is 12.5. The number of hydrogen-bond donors (Lipinski definition) is 2. The van der Waals surface area contributed by atoms with Crippen LogP contribution in [-0.2, 0) is 0 Å². The quantitative estimate of drug-likeness (QED) is 0.558. The third-order valence-corrected chi connectivity index (χ3v) is 7.63. The van der Waals surface area contributed by atoms with E-state index in [-0.39, 0.29) is 0 Å². The van der Waals surface area contributed by atoms with Crippen molar-refractivity contribution < 1.29 is 9.47 Å². The molecule has 34 heavy (non-hydrogen) atoms. The number of nitrogens with one attached hydrogen (secondary N) is 2. The summed E-state index contributed by atoms with van der Waals surface area (Å²) in [6.07, 6.45) is 3.39. The van der Waals surface area contributed by atoms with Gasteiger partial charge in [-0.3, -0.25) is 0 Å². The van der Waals surface area contributed by atoms with Crippen molar-refractivity contribution >= 4 is 46.0 Å². The van der Waals surface area contributed by atoms with E-state index in [1.54, 1.807) is 14.2 Å². The second kappa shape index (κ2) is 10.4. The molecule has 2 aromatic rings. The number of ether oxygens (including phenoxy) is 2. The zero-order chi connectivity index (χ0) is 24.3. The first kappa shape index (κ1) is 24.5. The number of benzene rings is 2. The number of nitrogens with zero attached hydrogens (tertiary/aromatic N) is 2. The van der Waals surface area contributed by atoms with Gasteiger partial charge in [0.15, 0.2) is 10.2 Å². The molecule has 2 aliphatic heterocycles. The van der Waals surface area contributed by atoms with Crippen LogP contribution in [0.1, 0.15) is 30.4 Å². The molecular weight excluding hydrogens is 464 g/mol. The number of methoxy groups -OCH3 is 2. The van der Waals surface area contributed by atoms with Gasteiger partial charge in [-0.15, -0.1) is 0 Å². The van der Waals surface area contributed by atoms with E-state index < -0.39 is 0 Å². The molecule has 2 saturated heterocycles. The molecule has 0 amide bonds. The molecule has 0 radical (unpaired) electrons. The zero-order valence-corrected chi connectivity index (χ0v) is 22.1. The predicted octanol–water partition coefficient (Wildman–Crippen LogP) is 5.20. The molecule has 182 valence electrons. The Morgan fingerprint density at radius 3 is 1.74 bits per heavy atom. The molecule has 0 aliphatic carbocycles. The summed E-state index contributed by atoms with van der Waals surface area (Å²) in [5, 5.41) is 8.39. The highest BCUT2D eigenvalue weighted by molar-refractivity contribution is 7.80. The highest BCUT2D eigenvalue weighted by Gasteiger charge is 2.41. The maximum atomic E-state index is 5.76. The largest absolute Gasteiger partial charge is 0.497 e. The van der Waals surface area contributed by atoms with Gasteiger partial charge in [0.1, 0.15) is 11.5 Å². The second-order valence-electron chi connectivity index (χ2n) is 9.50. The topological polar surface area (TPSA) is 49.0 Å². The van der Waals surface area contributed by atoms with Crippen LogP contribution in [0, 0.1) is 19.3 Å². The normalized spacial score (nSPS) is 16.9. The van der Waals surface area contributed by atoms with Gasteiger partial charge in [0.2, 0.25) is 0 Å². The average Bonchev–Trinajstić information content (AvgIpc) is 3.22. The number of thiocarbonyl (C=S) groups is 2. The van der Waals surface area contributed by atoms with Gasteiger partial charge < -0.3 is 29.9 Å². The van der Waals surface area contributed by atoms with E-state index >= 15 is 0 Å². The SMILES string of the molecule is COc1cc(NC(=S)N2CCC3(CCN(C(=S)Nc4cc(C)cc(C)c4)CC3)C2)cc(OC)c1. The average molecular weight is 499 g/mol. The van der Waals surface area contributed by atoms with E-state index in [2.05, 4.69) is 52.5 Å². The first-order valence-electron chi connectivity index (χ1n) is 11.7. The number of likely N-dealkylation sites (tertiary alicyclic amines) is 2. The molecule has 2 aliphatic rings. The van der Waals surface area contributed by atoms with Gasteiger partial charge in [0.05, 0.1) is 14.2 Å². The van der Waals surface area contributed by atoms with Crippen LogP contribution in [-0.4, -0.2) is 60.4 Å². The van der Waals surface area contributed by atoms with Crippen LogP contribution in [0.2, 0.25) is 0 Å². The van der Waals surface area contributed by atoms with E-state index in [0.717, 1.165) is 78.5 Å². The van der Waals surface area contributed by atoms with Crippen molar-refractivity contribution in [1.82, 2.24) is 9.80 Å². The summed E-state index contributed by atoms with van der Waals surface area (Å²) in [4.78, 5) is 4.60. The van der Waals surface area contributed by atoms with Gasteiger partial charge in [-0.25, -0.2) is 0 Å². The van der Waals surface area contributed by atoms with E-state index in [9.17, 15) is 0 Å². The van der Waals surface area contributed by atoms with Crippen molar-refractivity contribution in [3.05, 3.63) is 47.5 Å². The zero-order valence-electron chi connectivity index (χ0n) is 20.4. The first-order chi connectivity index (χ1) is 16.3. The molecule has 2 aromatic carbocycles. The fourth-order valence-electron chi connectivity index (χ4n) is 5.03. The van der Waals surface area contributed by atoms with Crippen LogP contribution < -0.4 is 20.1 Å². The van der Waals surface area contributed by atoms with Crippen LogP contribution in [0.25, 0.3) is 0 Å². The smallest absolute Gasteiger partial charge is 0.173 e. The Hall–Kier alpha value is -2.58. The minimum absolute atomic E-state index is 0.295. The second-order valence-corrected chi connectivity index (χ2v) is 10.3. The van der Waals surface area contributed by atoms with Crippen molar-refractivity contribution in [2.24, 2.45) is 5.41 Å². The van der Waals surface area contributed by atoms with Crippen molar-refractivity contribution in [3.63, 3.8) is 0 Å². The molecule has 1 spiro atoms. The molecule has 2 heterocycles. The van der Waals surface area contributed by atoms with Crippen LogP contribution in [0.3, 0.4) is 0 Å². The molecule has 0 aromatic heterocycles.